The Balaban J connectivity index is 3.09. The summed E-state index contributed by atoms with van der Waals surface area (Å²) in [5.74, 6) is -0.364. The molecule has 0 saturated carbocycles. The summed E-state index contributed by atoms with van der Waals surface area (Å²) in [5.41, 5.74) is 5.72. The first kappa shape index (κ1) is 17.1. The van der Waals surface area contributed by atoms with Crippen LogP contribution in [-0.4, -0.2) is 22.9 Å². The predicted molar refractivity (Wildman–Crippen MR) is 82.4 cm³/mol. The highest BCUT2D eigenvalue weighted by molar-refractivity contribution is 5.95. The number of nitrogens with two attached hydrogens (primary N) is 1. The number of benzene rings is 1. The highest BCUT2D eigenvalue weighted by Crippen LogP contribution is 2.31. The van der Waals surface area contributed by atoms with Crippen LogP contribution in [0, 0.1) is 10.1 Å². The Hall–Kier alpha value is -1.95. The lowest BCUT2D eigenvalue weighted by molar-refractivity contribution is -0.386. The van der Waals surface area contributed by atoms with Gasteiger partial charge < -0.3 is 11.1 Å². The molecule has 6 nitrogen and oxygen atoms in total. The van der Waals surface area contributed by atoms with Crippen LogP contribution in [0.3, 0.4) is 0 Å². The number of carbonyl (C=O) groups excluding carboxylic acids is 1. The van der Waals surface area contributed by atoms with E-state index in [1.165, 1.54) is 6.07 Å². The van der Waals surface area contributed by atoms with Gasteiger partial charge in [0.2, 0.25) is 0 Å². The smallest absolute Gasteiger partial charge is 0.273 e. The van der Waals surface area contributed by atoms with Crippen molar-refractivity contribution in [2.75, 3.05) is 6.54 Å². The van der Waals surface area contributed by atoms with Crippen molar-refractivity contribution in [2.45, 2.75) is 45.6 Å². The maximum atomic E-state index is 12.0. The van der Waals surface area contributed by atoms with Crippen molar-refractivity contribution < 1.29 is 9.72 Å². The SMILES string of the molecule is CC(C)(N)CNC(=O)c1ccc(C(C)(C)C)c([N+](=O)[O-])c1. The lowest BCUT2D eigenvalue weighted by Gasteiger charge is -2.20. The van der Waals surface area contributed by atoms with Crippen molar-refractivity contribution in [2.24, 2.45) is 5.73 Å². The molecule has 21 heavy (non-hydrogen) atoms. The second-order valence-corrected chi connectivity index (χ2v) is 6.91. The van der Waals surface area contributed by atoms with Gasteiger partial charge in [-0.3, -0.25) is 14.9 Å². The van der Waals surface area contributed by atoms with Crippen molar-refractivity contribution in [1.29, 1.82) is 0 Å². The summed E-state index contributed by atoms with van der Waals surface area (Å²) in [6.45, 7) is 9.56. The number of rotatable bonds is 4. The third kappa shape index (κ3) is 4.82. The van der Waals surface area contributed by atoms with Crippen LogP contribution in [0.4, 0.5) is 5.69 Å². The standard InChI is InChI=1S/C15H23N3O3/c1-14(2,3)11-7-6-10(8-12(11)18(20)21)13(19)17-9-15(4,5)16/h6-8H,9,16H2,1-5H3,(H,17,19). The number of carbonyl (C=O) groups is 1. The van der Waals surface area contributed by atoms with Gasteiger partial charge >= 0.3 is 0 Å². The molecule has 1 aromatic carbocycles. The zero-order chi connectivity index (χ0) is 16.4. The van der Waals surface area contributed by atoms with Gasteiger partial charge in [0.1, 0.15) is 0 Å². The molecular formula is C15H23N3O3. The molecule has 0 aliphatic carbocycles. The maximum absolute atomic E-state index is 12.0. The minimum atomic E-state index is -0.535. The summed E-state index contributed by atoms with van der Waals surface area (Å²) in [4.78, 5) is 22.8. The molecule has 0 fully saturated rings. The van der Waals surface area contributed by atoms with E-state index >= 15 is 0 Å². The monoisotopic (exact) mass is 293 g/mol. The van der Waals surface area contributed by atoms with Crippen LogP contribution in [0.5, 0.6) is 0 Å². The van der Waals surface area contributed by atoms with Crippen LogP contribution < -0.4 is 11.1 Å². The lowest BCUT2D eigenvalue weighted by Crippen LogP contribution is -2.45. The number of nitro benzene ring substituents is 1. The Morgan fingerprint density at radius 1 is 1.29 bits per heavy atom. The molecule has 0 bridgehead atoms. The third-order valence-electron chi connectivity index (χ3n) is 2.97. The van der Waals surface area contributed by atoms with Crippen LogP contribution in [-0.2, 0) is 5.41 Å². The second-order valence-electron chi connectivity index (χ2n) is 6.91. The zero-order valence-corrected chi connectivity index (χ0v) is 13.2. The molecular weight excluding hydrogens is 270 g/mol. The molecule has 6 heteroatoms. The van der Waals surface area contributed by atoms with Crippen molar-refractivity contribution in [3.05, 3.63) is 39.4 Å². The minimum Gasteiger partial charge on any atom is -0.350 e. The van der Waals surface area contributed by atoms with E-state index in [1.54, 1.807) is 26.0 Å². The summed E-state index contributed by atoms with van der Waals surface area (Å²) in [5, 5.41) is 13.9. The molecule has 1 aromatic rings. The number of hydrogen-bond acceptors (Lipinski definition) is 4. The van der Waals surface area contributed by atoms with E-state index in [1.807, 2.05) is 20.8 Å². The lowest BCUT2D eigenvalue weighted by atomic mass is 9.85. The fourth-order valence-corrected chi connectivity index (χ4v) is 1.87. The molecule has 116 valence electrons. The fraction of sp³-hybridized carbons (Fsp3) is 0.533. The van der Waals surface area contributed by atoms with Crippen LogP contribution in [0.2, 0.25) is 0 Å². The van der Waals surface area contributed by atoms with E-state index in [2.05, 4.69) is 5.32 Å². The first-order valence-electron chi connectivity index (χ1n) is 6.78. The largest absolute Gasteiger partial charge is 0.350 e. The molecule has 0 spiro atoms. The molecule has 0 heterocycles. The summed E-state index contributed by atoms with van der Waals surface area (Å²) in [6.07, 6.45) is 0. The molecule has 0 radical (unpaired) electrons. The number of nitro groups is 1. The van der Waals surface area contributed by atoms with E-state index in [4.69, 9.17) is 5.73 Å². The maximum Gasteiger partial charge on any atom is 0.273 e. The van der Waals surface area contributed by atoms with E-state index < -0.39 is 10.5 Å². The van der Waals surface area contributed by atoms with Gasteiger partial charge in [-0.05, 0) is 25.3 Å². The van der Waals surface area contributed by atoms with E-state index in [0.717, 1.165) is 0 Å². The Bertz CT molecular complexity index is 554. The highest BCUT2D eigenvalue weighted by atomic mass is 16.6. The Morgan fingerprint density at radius 3 is 2.29 bits per heavy atom. The normalized spacial score (nSPS) is 12.1. The zero-order valence-electron chi connectivity index (χ0n) is 13.2. The average molecular weight is 293 g/mol. The minimum absolute atomic E-state index is 0.0397. The summed E-state index contributed by atoms with van der Waals surface area (Å²) in [7, 11) is 0. The molecule has 1 amide bonds. The number of amides is 1. The summed E-state index contributed by atoms with van der Waals surface area (Å²) in [6, 6.07) is 4.56. The van der Waals surface area contributed by atoms with Gasteiger partial charge in [-0.15, -0.1) is 0 Å². The molecule has 0 aromatic heterocycles. The molecule has 0 saturated heterocycles. The van der Waals surface area contributed by atoms with Crippen LogP contribution in [0.1, 0.15) is 50.5 Å². The van der Waals surface area contributed by atoms with Crippen LogP contribution in [0.15, 0.2) is 18.2 Å². The van der Waals surface area contributed by atoms with Crippen molar-refractivity contribution >= 4 is 11.6 Å². The topological polar surface area (TPSA) is 98.3 Å². The van der Waals surface area contributed by atoms with Crippen molar-refractivity contribution in [3.8, 4) is 0 Å². The highest BCUT2D eigenvalue weighted by Gasteiger charge is 2.26. The van der Waals surface area contributed by atoms with Gasteiger partial charge in [0, 0.05) is 29.3 Å². The molecule has 3 N–H and O–H groups in total. The Morgan fingerprint density at radius 2 is 1.86 bits per heavy atom. The van der Waals surface area contributed by atoms with E-state index in [9.17, 15) is 14.9 Å². The van der Waals surface area contributed by atoms with Crippen LogP contribution >= 0.6 is 0 Å². The average Bonchev–Trinajstić information content (AvgIpc) is 2.33. The van der Waals surface area contributed by atoms with E-state index in [-0.39, 0.29) is 22.6 Å². The van der Waals surface area contributed by atoms with Crippen LogP contribution in [0.25, 0.3) is 0 Å². The Labute approximate surface area is 124 Å². The van der Waals surface area contributed by atoms with Crippen molar-refractivity contribution in [1.82, 2.24) is 5.32 Å². The van der Waals surface area contributed by atoms with Crippen molar-refractivity contribution in [3.63, 3.8) is 0 Å². The number of nitrogens with zero attached hydrogens (tertiary/aromatic N) is 1. The molecule has 0 unspecified atom stereocenters. The fourth-order valence-electron chi connectivity index (χ4n) is 1.87. The third-order valence-corrected chi connectivity index (χ3v) is 2.97. The van der Waals surface area contributed by atoms with Gasteiger partial charge in [-0.2, -0.15) is 0 Å². The molecule has 0 aliphatic heterocycles. The van der Waals surface area contributed by atoms with Gasteiger partial charge in [0.05, 0.1) is 4.92 Å². The van der Waals surface area contributed by atoms with Gasteiger partial charge in [-0.1, -0.05) is 26.8 Å². The predicted octanol–water partition coefficient (Wildman–Crippen LogP) is 2.36. The van der Waals surface area contributed by atoms with Gasteiger partial charge in [0.15, 0.2) is 0 Å². The Kier molecular flexibility index (Phi) is 4.73. The number of hydrogen-bond donors (Lipinski definition) is 2. The molecule has 1 rings (SSSR count). The number of nitrogens with one attached hydrogen (secondary N) is 1. The van der Waals surface area contributed by atoms with Gasteiger partial charge in [-0.25, -0.2) is 0 Å². The molecule has 0 aliphatic rings. The van der Waals surface area contributed by atoms with E-state index in [0.29, 0.717) is 12.1 Å². The quantitative estimate of drug-likeness (QED) is 0.657. The second kappa shape index (κ2) is 5.81. The first-order chi connectivity index (χ1) is 9.42. The van der Waals surface area contributed by atoms with Gasteiger partial charge in [0.25, 0.3) is 11.6 Å². The first-order valence-corrected chi connectivity index (χ1v) is 6.78. The summed E-state index contributed by atoms with van der Waals surface area (Å²) < 4.78 is 0. The summed E-state index contributed by atoms with van der Waals surface area (Å²) >= 11 is 0. The molecule has 0 atom stereocenters.